The second-order valence-electron chi connectivity index (χ2n) is 5.92. The largest absolute Gasteiger partial charge is 0.338 e. The summed E-state index contributed by atoms with van der Waals surface area (Å²) in [6, 6.07) is 0. The van der Waals surface area contributed by atoms with Gasteiger partial charge in [-0.05, 0) is 19.8 Å². The van der Waals surface area contributed by atoms with E-state index >= 15 is 0 Å². The number of rotatable bonds is 7. The molecule has 118 valence electrons. The van der Waals surface area contributed by atoms with Gasteiger partial charge in [-0.1, -0.05) is 36.8 Å². The normalized spacial score (nSPS) is 16.2. The Kier molecular flexibility index (Phi) is 4.33. The lowest BCUT2D eigenvalue weighted by molar-refractivity contribution is 0.373. The van der Waals surface area contributed by atoms with E-state index in [2.05, 4.69) is 45.3 Å². The average molecular weight is 319 g/mol. The van der Waals surface area contributed by atoms with Gasteiger partial charge in [0, 0.05) is 18.4 Å². The minimum atomic E-state index is 0.0415. The SMILES string of the molecule is C=CCn1c(S[C@H](C)c2nc(C(C)C)no2)nnc1C1CC1. The zero-order valence-electron chi connectivity index (χ0n) is 13.2. The minimum absolute atomic E-state index is 0.0415. The number of aromatic nitrogens is 5. The highest BCUT2D eigenvalue weighted by Gasteiger charge is 2.31. The highest BCUT2D eigenvalue weighted by Crippen LogP contribution is 2.41. The second kappa shape index (κ2) is 6.24. The number of allylic oxidation sites excluding steroid dienone is 1. The van der Waals surface area contributed by atoms with Gasteiger partial charge in [-0.25, -0.2) is 0 Å². The molecule has 0 spiro atoms. The molecule has 0 aromatic carbocycles. The third kappa shape index (κ3) is 3.09. The van der Waals surface area contributed by atoms with E-state index in [1.165, 1.54) is 12.8 Å². The Morgan fingerprint density at radius 3 is 2.73 bits per heavy atom. The summed E-state index contributed by atoms with van der Waals surface area (Å²) in [5.41, 5.74) is 0. The molecule has 6 nitrogen and oxygen atoms in total. The van der Waals surface area contributed by atoms with Crippen LogP contribution in [0.2, 0.25) is 0 Å². The molecule has 1 saturated carbocycles. The molecule has 0 radical (unpaired) electrons. The maximum Gasteiger partial charge on any atom is 0.239 e. The van der Waals surface area contributed by atoms with Crippen LogP contribution in [0.1, 0.15) is 68.2 Å². The van der Waals surface area contributed by atoms with E-state index in [1.54, 1.807) is 11.8 Å². The molecule has 1 aliphatic carbocycles. The van der Waals surface area contributed by atoms with Gasteiger partial charge >= 0.3 is 0 Å². The molecule has 0 amide bonds. The summed E-state index contributed by atoms with van der Waals surface area (Å²) in [6.07, 6.45) is 4.29. The Hall–Kier alpha value is -1.63. The molecular weight excluding hydrogens is 298 g/mol. The Balaban J connectivity index is 1.77. The molecule has 2 heterocycles. The molecule has 0 saturated heterocycles. The zero-order valence-corrected chi connectivity index (χ0v) is 14.0. The number of hydrogen-bond donors (Lipinski definition) is 0. The quantitative estimate of drug-likeness (QED) is 0.572. The molecular formula is C15H21N5OS. The van der Waals surface area contributed by atoms with Crippen molar-refractivity contribution in [3.8, 4) is 0 Å². The first-order valence-corrected chi connectivity index (χ1v) is 8.52. The van der Waals surface area contributed by atoms with Gasteiger partial charge in [-0.15, -0.1) is 16.8 Å². The highest BCUT2D eigenvalue weighted by molar-refractivity contribution is 7.99. The van der Waals surface area contributed by atoms with E-state index in [-0.39, 0.29) is 11.2 Å². The van der Waals surface area contributed by atoms with Gasteiger partial charge in [0.15, 0.2) is 11.0 Å². The number of thioether (sulfide) groups is 1. The summed E-state index contributed by atoms with van der Waals surface area (Å²) in [6.45, 7) is 10.7. The van der Waals surface area contributed by atoms with Gasteiger partial charge in [0.1, 0.15) is 5.82 Å². The fraction of sp³-hybridized carbons (Fsp3) is 0.600. The molecule has 0 unspecified atom stereocenters. The van der Waals surface area contributed by atoms with Crippen LogP contribution in [0.5, 0.6) is 0 Å². The molecule has 1 atom stereocenters. The summed E-state index contributed by atoms with van der Waals surface area (Å²) in [4.78, 5) is 4.46. The highest BCUT2D eigenvalue weighted by atomic mass is 32.2. The van der Waals surface area contributed by atoms with Crippen LogP contribution in [0.15, 0.2) is 22.3 Å². The van der Waals surface area contributed by atoms with Crippen LogP contribution in [-0.4, -0.2) is 24.9 Å². The molecule has 22 heavy (non-hydrogen) atoms. The van der Waals surface area contributed by atoms with Gasteiger partial charge in [0.05, 0.1) is 5.25 Å². The molecule has 1 aliphatic rings. The lowest BCUT2D eigenvalue weighted by atomic mass is 10.2. The predicted octanol–water partition coefficient (Wildman–Crippen LogP) is 3.70. The molecule has 1 fully saturated rings. The van der Waals surface area contributed by atoms with Gasteiger partial charge in [-0.2, -0.15) is 4.98 Å². The standard InChI is InChI=1S/C15H21N5OS/c1-5-8-20-13(11-6-7-11)17-18-15(20)22-10(4)14-16-12(9(2)3)19-21-14/h5,9-11H,1,6-8H2,2-4H3/t10-/m1/s1. The third-order valence-electron chi connectivity index (χ3n) is 3.60. The first-order valence-electron chi connectivity index (χ1n) is 7.64. The number of nitrogens with zero attached hydrogens (tertiary/aromatic N) is 5. The van der Waals surface area contributed by atoms with Crippen molar-refractivity contribution < 1.29 is 4.52 Å². The van der Waals surface area contributed by atoms with Gasteiger partial charge in [-0.3, -0.25) is 0 Å². The molecule has 0 N–H and O–H groups in total. The molecule has 2 aromatic rings. The molecule has 0 bridgehead atoms. The summed E-state index contributed by atoms with van der Waals surface area (Å²) >= 11 is 1.60. The minimum Gasteiger partial charge on any atom is -0.338 e. The molecule has 0 aliphatic heterocycles. The van der Waals surface area contributed by atoms with Crippen LogP contribution in [0, 0.1) is 0 Å². The topological polar surface area (TPSA) is 69.6 Å². The van der Waals surface area contributed by atoms with Crippen LogP contribution in [0.4, 0.5) is 0 Å². The maximum atomic E-state index is 5.37. The van der Waals surface area contributed by atoms with E-state index in [0.717, 1.165) is 23.4 Å². The van der Waals surface area contributed by atoms with Crippen molar-refractivity contribution in [3.63, 3.8) is 0 Å². The lowest BCUT2D eigenvalue weighted by Gasteiger charge is -2.09. The molecule has 3 rings (SSSR count). The van der Waals surface area contributed by atoms with Crippen molar-refractivity contribution in [1.82, 2.24) is 24.9 Å². The van der Waals surface area contributed by atoms with Crippen LogP contribution in [0.3, 0.4) is 0 Å². The Bertz CT molecular complexity index is 659. The van der Waals surface area contributed by atoms with Crippen LogP contribution in [0.25, 0.3) is 0 Å². The summed E-state index contributed by atoms with van der Waals surface area (Å²) in [5, 5.41) is 13.6. The van der Waals surface area contributed by atoms with Crippen molar-refractivity contribution in [2.24, 2.45) is 0 Å². The zero-order chi connectivity index (χ0) is 15.7. The Morgan fingerprint density at radius 1 is 1.36 bits per heavy atom. The average Bonchev–Trinajstić information content (AvgIpc) is 3.06. The summed E-state index contributed by atoms with van der Waals surface area (Å²) in [5.74, 6) is 3.28. The van der Waals surface area contributed by atoms with Gasteiger partial charge in [0.25, 0.3) is 0 Å². The maximum absolute atomic E-state index is 5.37. The first-order chi connectivity index (χ1) is 10.6. The van der Waals surface area contributed by atoms with Crippen molar-refractivity contribution in [2.45, 2.75) is 62.4 Å². The summed E-state index contributed by atoms with van der Waals surface area (Å²) in [7, 11) is 0. The van der Waals surface area contributed by atoms with Gasteiger partial charge in [0.2, 0.25) is 5.89 Å². The van der Waals surface area contributed by atoms with E-state index in [4.69, 9.17) is 4.52 Å². The monoisotopic (exact) mass is 319 g/mol. The Morgan fingerprint density at radius 2 is 2.14 bits per heavy atom. The van der Waals surface area contributed by atoms with Crippen molar-refractivity contribution in [1.29, 1.82) is 0 Å². The van der Waals surface area contributed by atoms with Crippen LogP contribution < -0.4 is 0 Å². The number of hydrogen-bond acceptors (Lipinski definition) is 6. The fourth-order valence-electron chi connectivity index (χ4n) is 2.19. The van der Waals surface area contributed by atoms with E-state index in [9.17, 15) is 0 Å². The van der Waals surface area contributed by atoms with Crippen LogP contribution in [-0.2, 0) is 6.54 Å². The van der Waals surface area contributed by atoms with E-state index < -0.39 is 0 Å². The van der Waals surface area contributed by atoms with E-state index in [0.29, 0.717) is 11.8 Å². The van der Waals surface area contributed by atoms with Crippen molar-refractivity contribution in [2.75, 3.05) is 0 Å². The smallest absolute Gasteiger partial charge is 0.239 e. The summed E-state index contributed by atoms with van der Waals surface area (Å²) < 4.78 is 7.51. The molecule has 7 heteroatoms. The lowest BCUT2D eigenvalue weighted by Crippen LogP contribution is -2.03. The van der Waals surface area contributed by atoms with Crippen molar-refractivity contribution >= 4 is 11.8 Å². The fourth-order valence-corrected chi connectivity index (χ4v) is 3.08. The third-order valence-corrected chi connectivity index (χ3v) is 4.67. The van der Waals surface area contributed by atoms with E-state index in [1.807, 2.05) is 13.0 Å². The van der Waals surface area contributed by atoms with Gasteiger partial charge < -0.3 is 9.09 Å². The predicted molar refractivity (Wildman–Crippen MR) is 84.9 cm³/mol. The van der Waals surface area contributed by atoms with Crippen molar-refractivity contribution in [3.05, 3.63) is 30.2 Å². The second-order valence-corrected chi connectivity index (χ2v) is 7.23. The van der Waals surface area contributed by atoms with Crippen LogP contribution >= 0.6 is 11.8 Å². The Labute approximate surface area is 134 Å². The molecule has 2 aromatic heterocycles. The first kappa shape index (κ1) is 15.3.